The molecule has 2 saturated heterocycles. The van der Waals surface area contributed by atoms with Gasteiger partial charge in [-0.15, -0.1) is 0 Å². The van der Waals surface area contributed by atoms with Crippen molar-refractivity contribution in [3.05, 3.63) is 47.6 Å². The van der Waals surface area contributed by atoms with Gasteiger partial charge >= 0.3 is 24.1 Å². The highest BCUT2D eigenvalue weighted by atomic mass is 16.6. The topological polar surface area (TPSA) is 163 Å². The number of piperidine rings is 2. The monoisotopic (exact) mass is 642 g/mol. The van der Waals surface area contributed by atoms with Gasteiger partial charge in [0.25, 0.3) is 0 Å². The van der Waals surface area contributed by atoms with E-state index in [1.165, 1.54) is 26.9 Å². The molecule has 0 unspecified atom stereocenters. The Labute approximate surface area is 270 Å². The van der Waals surface area contributed by atoms with E-state index in [9.17, 15) is 19.2 Å². The van der Waals surface area contributed by atoms with Crippen molar-refractivity contribution in [3.8, 4) is 0 Å². The van der Waals surface area contributed by atoms with Gasteiger partial charge < -0.3 is 28.7 Å². The van der Waals surface area contributed by atoms with E-state index in [4.69, 9.17) is 9.47 Å². The summed E-state index contributed by atoms with van der Waals surface area (Å²) in [6.45, 7) is 13.6. The smallest absolute Gasteiger partial charge is 0.410 e. The number of hydrogen-bond donors (Lipinski definition) is 0. The second kappa shape index (κ2) is 15.8. The molecule has 2 aromatic heterocycles. The summed E-state index contributed by atoms with van der Waals surface area (Å²) in [5.41, 5.74) is 1.15. The Morgan fingerprint density at radius 3 is 1.22 bits per heavy atom. The minimum absolute atomic E-state index is 0.195. The summed E-state index contributed by atoms with van der Waals surface area (Å²) in [6.07, 6.45) is 5.29. The number of rotatable bonds is 4. The molecule has 4 heterocycles. The van der Waals surface area contributed by atoms with Crippen molar-refractivity contribution in [3.63, 3.8) is 0 Å². The first-order chi connectivity index (χ1) is 21.6. The molecule has 14 heteroatoms. The standard InChI is InChI=1S/2C16H23N3O4/c2*1-16(2,3)23-15(21)19-7-5-11(6-8-19)12-9-13(14(20)22-4)18-10-17-12/h2*9-11H,5-8H2,1-4H3. The Balaban J connectivity index is 0.000000250. The Hall–Kier alpha value is -4.36. The molecular weight excluding hydrogens is 596 g/mol. The minimum atomic E-state index is -0.490. The maximum Gasteiger partial charge on any atom is 0.410 e. The number of carbonyl (C=O) groups excluding carboxylic acids is 4. The molecule has 252 valence electrons. The number of nitrogens with zero attached hydrogens (tertiary/aromatic N) is 6. The van der Waals surface area contributed by atoms with Crippen LogP contribution in [0.1, 0.15) is 111 Å². The van der Waals surface area contributed by atoms with Crippen LogP contribution < -0.4 is 0 Å². The van der Waals surface area contributed by atoms with Crippen molar-refractivity contribution in [2.24, 2.45) is 0 Å². The van der Waals surface area contributed by atoms with Crippen LogP contribution >= 0.6 is 0 Å². The van der Waals surface area contributed by atoms with Crippen molar-refractivity contribution < 1.29 is 38.1 Å². The molecule has 0 radical (unpaired) electrons. The molecule has 2 aromatic rings. The van der Waals surface area contributed by atoms with Crippen LogP contribution in [-0.4, -0.2) is 105 Å². The first kappa shape index (κ1) is 36.1. The average molecular weight is 643 g/mol. The van der Waals surface area contributed by atoms with Gasteiger partial charge in [-0.05, 0) is 79.4 Å². The summed E-state index contributed by atoms with van der Waals surface area (Å²) in [5, 5.41) is 0. The normalized spacial score (nSPS) is 16.1. The van der Waals surface area contributed by atoms with Crippen LogP contribution in [0.4, 0.5) is 9.59 Å². The minimum Gasteiger partial charge on any atom is -0.464 e. The Kier molecular flexibility index (Phi) is 12.4. The number of amides is 2. The number of hydrogen-bond acceptors (Lipinski definition) is 12. The van der Waals surface area contributed by atoms with Crippen LogP contribution in [0.15, 0.2) is 24.8 Å². The molecule has 0 saturated carbocycles. The lowest BCUT2D eigenvalue weighted by Gasteiger charge is -2.33. The summed E-state index contributed by atoms with van der Waals surface area (Å²) in [7, 11) is 2.65. The van der Waals surface area contributed by atoms with Crippen molar-refractivity contribution >= 4 is 24.1 Å². The van der Waals surface area contributed by atoms with Gasteiger partial charge in [-0.2, -0.15) is 0 Å². The van der Waals surface area contributed by atoms with Crippen LogP contribution in [0.5, 0.6) is 0 Å². The quantitative estimate of drug-likeness (QED) is 0.332. The number of esters is 2. The third kappa shape index (κ3) is 10.9. The second-order valence-corrected chi connectivity index (χ2v) is 13.1. The summed E-state index contributed by atoms with van der Waals surface area (Å²) < 4.78 is 20.1. The summed E-state index contributed by atoms with van der Waals surface area (Å²) in [5.74, 6) is -0.556. The first-order valence-electron chi connectivity index (χ1n) is 15.4. The molecule has 0 N–H and O–H groups in total. The Morgan fingerprint density at radius 2 is 0.935 bits per heavy atom. The van der Waals surface area contributed by atoms with E-state index < -0.39 is 23.1 Å². The average Bonchev–Trinajstić information content (AvgIpc) is 3.03. The van der Waals surface area contributed by atoms with Gasteiger partial charge in [0.15, 0.2) is 11.4 Å². The molecule has 2 aliphatic rings. The van der Waals surface area contributed by atoms with Gasteiger partial charge in [0, 0.05) is 49.4 Å². The molecule has 2 amide bonds. The van der Waals surface area contributed by atoms with Gasteiger partial charge in [0.05, 0.1) is 14.2 Å². The number of carbonyl (C=O) groups is 4. The summed E-state index contributed by atoms with van der Waals surface area (Å²) in [6, 6.07) is 3.33. The molecule has 0 aliphatic carbocycles. The predicted octanol–water partition coefficient (Wildman–Crippen LogP) is 4.76. The largest absolute Gasteiger partial charge is 0.464 e. The van der Waals surface area contributed by atoms with Crippen molar-refractivity contribution in [2.75, 3.05) is 40.4 Å². The maximum absolute atomic E-state index is 12.1. The molecule has 2 aliphatic heterocycles. The van der Waals surface area contributed by atoms with Gasteiger partial charge in [-0.25, -0.2) is 39.1 Å². The first-order valence-corrected chi connectivity index (χ1v) is 15.4. The molecule has 0 atom stereocenters. The van der Waals surface area contributed by atoms with Crippen molar-refractivity contribution in [1.29, 1.82) is 0 Å². The number of aromatic nitrogens is 4. The van der Waals surface area contributed by atoms with Crippen LogP contribution in [0, 0.1) is 0 Å². The lowest BCUT2D eigenvalue weighted by atomic mass is 9.93. The predicted molar refractivity (Wildman–Crippen MR) is 166 cm³/mol. The summed E-state index contributed by atoms with van der Waals surface area (Å²) in [4.78, 5) is 67.0. The van der Waals surface area contributed by atoms with Crippen LogP contribution in [0.25, 0.3) is 0 Å². The van der Waals surface area contributed by atoms with Gasteiger partial charge in [-0.3, -0.25) is 0 Å². The molecule has 2 fully saturated rings. The Morgan fingerprint density at radius 1 is 0.609 bits per heavy atom. The van der Waals surface area contributed by atoms with E-state index >= 15 is 0 Å². The maximum atomic E-state index is 12.1. The molecule has 4 rings (SSSR count). The molecule has 0 spiro atoms. The van der Waals surface area contributed by atoms with E-state index in [1.807, 2.05) is 41.5 Å². The molecule has 14 nitrogen and oxygen atoms in total. The third-order valence-electron chi connectivity index (χ3n) is 7.30. The summed E-state index contributed by atoms with van der Waals surface area (Å²) >= 11 is 0. The van der Waals surface area contributed by atoms with E-state index in [2.05, 4.69) is 29.4 Å². The highest BCUT2D eigenvalue weighted by Gasteiger charge is 2.30. The SMILES string of the molecule is COC(=O)c1cc(C2CCN(C(=O)OC(C)(C)C)CC2)ncn1.COC(=O)c1cc(C2CCN(C(=O)OC(C)(C)C)CC2)ncn1. The van der Waals surface area contributed by atoms with E-state index in [1.54, 1.807) is 21.9 Å². The third-order valence-corrected chi connectivity index (χ3v) is 7.30. The van der Waals surface area contributed by atoms with Crippen LogP contribution in [-0.2, 0) is 18.9 Å². The van der Waals surface area contributed by atoms with E-state index in [0.717, 1.165) is 37.1 Å². The lowest BCUT2D eigenvalue weighted by Crippen LogP contribution is -2.41. The molecule has 0 bridgehead atoms. The lowest BCUT2D eigenvalue weighted by molar-refractivity contribution is 0.0193. The van der Waals surface area contributed by atoms with Crippen LogP contribution in [0.2, 0.25) is 0 Å². The fourth-order valence-corrected chi connectivity index (χ4v) is 4.99. The fourth-order valence-electron chi connectivity index (χ4n) is 4.99. The highest BCUT2D eigenvalue weighted by molar-refractivity contribution is 5.87. The molecule has 46 heavy (non-hydrogen) atoms. The second-order valence-electron chi connectivity index (χ2n) is 13.1. The van der Waals surface area contributed by atoms with Crippen LogP contribution in [0.3, 0.4) is 0 Å². The van der Waals surface area contributed by atoms with E-state index in [-0.39, 0.29) is 35.4 Å². The number of likely N-dealkylation sites (tertiary alicyclic amines) is 2. The zero-order valence-corrected chi connectivity index (χ0v) is 28.1. The highest BCUT2D eigenvalue weighted by Crippen LogP contribution is 2.29. The fraction of sp³-hybridized carbons (Fsp3) is 0.625. The molecule has 0 aromatic carbocycles. The van der Waals surface area contributed by atoms with Gasteiger partial charge in [0.1, 0.15) is 23.9 Å². The number of ether oxygens (including phenoxy) is 4. The van der Waals surface area contributed by atoms with Crippen molar-refractivity contribution in [2.45, 2.75) is 90.3 Å². The van der Waals surface area contributed by atoms with E-state index in [0.29, 0.717) is 26.2 Å². The van der Waals surface area contributed by atoms with Crippen molar-refractivity contribution in [1.82, 2.24) is 29.7 Å². The number of methoxy groups -OCH3 is 2. The molecular formula is C32H46N6O8. The zero-order valence-electron chi connectivity index (χ0n) is 28.1. The van der Waals surface area contributed by atoms with Gasteiger partial charge in [0.2, 0.25) is 0 Å². The Bertz CT molecular complexity index is 1250. The van der Waals surface area contributed by atoms with Gasteiger partial charge in [-0.1, -0.05) is 0 Å². The zero-order chi connectivity index (χ0) is 34.1.